The summed E-state index contributed by atoms with van der Waals surface area (Å²) in [5.74, 6) is -0.00867. The molecule has 0 unspecified atom stereocenters. The van der Waals surface area contributed by atoms with Gasteiger partial charge in [0.15, 0.2) is 0 Å². The molecule has 0 aliphatic heterocycles. The van der Waals surface area contributed by atoms with Crippen LogP contribution in [0.3, 0.4) is 0 Å². The molecule has 0 aromatic heterocycles. The third-order valence-electron chi connectivity index (χ3n) is 2.98. The molecule has 0 aliphatic rings. The van der Waals surface area contributed by atoms with Gasteiger partial charge in [0.2, 0.25) is 0 Å². The average Bonchev–Trinajstić information content (AvgIpc) is 2.28. The van der Waals surface area contributed by atoms with Crippen LogP contribution >= 0.6 is 15.9 Å². The number of carbonyl (C=O) groups is 1. The molecule has 0 atom stereocenters. The number of hydrogen-bond acceptors (Lipinski definition) is 2. The second-order valence-electron chi connectivity index (χ2n) is 6.00. The summed E-state index contributed by atoms with van der Waals surface area (Å²) in [6.45, 7) is 7.85. The van der Waals surface area contributed by atoms with Crippen molar-refractivity contribution in [2.75, 3.05) is 27.2 Å². The summed E-state index contributed by atoms with van der Waals surface area (Å²) in [6.07, 6.45) is 0. The minimum absolute atomic E-state index is 0.00867. The van der Waals surface area contributed by atoms with Gasteiger partial charge in [-0.2, -0.15) is 0 Å². The van der Waals surface area contributed by atoms with Crippen molar-refractivity contribution in [3.05, 3.63) is 33.8 Å². The van der Waals surface area contributed by atoms with E-state index in [0.717, 1.165) is 22.1 Å². The van der Waals surface area contributed by atoms with Crippen LogP contribution in [0, 0.1) is 12.3 Å². The van der Waals surface area contributed by atoms with Crippen LogP contribution in [-0.2, 0) is 0 Å². The average molecular weight is 327 g/mol. The number of nitrogens with one attached hydrogen (secondary N) is 1. The zero-order valence-electron chi connectivity index (χ0n) is 12.4. The molecular weight excluding hydrogens is 304 g/mol. The Morgan fingerprint density at radius 2 is 2.00 bits per heavy atom. The first-order valence-electron chi connectivity index (χ1n) is 6.41. The van der Waals surface area contributed by atoms with E-state index < -0.39 is 0 Å². The van der Waals surface area contributed by atoms with E-state index in [0.29, 0.717) is 6.54 Å². The first-order valence-corrected chi connectivity index (χ1v) is 7.20. The molecule has 0 heterocycles. The van der Waals surface area contributed by atoms with Gasteiger partial charge in [0, 0.05) is 23.1 Å². The zero-order valence-corrected chi connectivity index (χ0v) is 14.0. The number of rotatable bonds is 5. The lowest BCUT2D eigenvalue weighted by Crippen LogP contribution is -2.40. The number of carbonyl (C=O) groups excluding carboxylic acids is 1. The number of hydrogen-bond donors (Lipinski definition) is 1. The Bertz CT molecular complexity index is 455. The number of halogens is 1. The van der Waals surface area contributed by atoms with Gasteiger partial charge in [0.1, 0.15) is 0 Å². The number of nitrogens with zero attached hydrogens (tertiary/aromatic N) is 1. The van der Waals surface area contributed by atoms with E-state index >= 15 is 0 Å². The molecule has 1 rings (SSSR count). The second-order valence-corrected chi connectivity index (χ2v) is 6.85. The molecule has 0 spiro atoms. The van der Waals surface area contributed by atoms with Gasteiger partial charge in [0.05, 0.1) is 0 Å². The topological polar surface area (TPSA) is 32.3 Å². The van der Waals surface area contributed by atoms with Crippen LogP contribution in [0.1, 0.15) is 29.8 Å². The molecule has 0 aliphatic carbocycles. The Labute approximate surface area is 124 Å². The Morgan fingerprint density at radius 3 is 2.58 bits per heavy atom. The highest BCUT2D eigenvalue weighted by atomic mass is 79.9. The van der Waals surface area contributed by atoms with Gasteiger partial charge in [-0.05, 0) is 44.1 Å². The molecule has 1 amide bonds. The van der Waals surface area contributed by atoms with Crippen molar-refractivity contribution >= 4 is 21.8 Å². The van der Waals surface area contributed by atoms with Gasteiger partial charge in [-0.3, -0.25) is 4.79 Å². The van der Waals surface area contributed by atoms with Crippen LogP contribution in [0.4, 0.5) is 0 Å². The van der Waals surface area contributed by atoms with Gasteiger partial charge in [-0.1, -0.05) is 35.8 Å². The zero-order chi connectivity index (χ0) is 14.6. The normalized spacial score (nSPS) is 11.7. The molecule has 0 saturated carbocycles. The molecule has 1 N–H and O–H groups in total. The van der Waals surface area contributed by atoms with E-state index in [1.807, 2.05) is 39.2 Å². The Kier molecular flexibility index (Phi) is 5.56. The van der Waals surface area contributed by atoms with Crippen molar-refractivity contribution in [1.82, 2.24) is 10.2 Å². The summed E-state index contributed by atoms with van der Waals surface area (Å²) in [5, 5.41) is 3.03. The Morgan fingerprint density at radius 1 is 1.37 bits per heavy atom. The summed E-state index contributed by atoms with van der Waals surface area (Å²) >= 11 is 3.45. The van der Waals surface area contributed by atoms with Gasteiger partial charge >= 0.3 is 0 Å². The largest absolute Gasteiger partial charge is 0.351 e. The maximum Gasteiger partial charge on any atom is 0.251 e. The first kappa shape index (κ1) is 16.2. The second kappa shape index (κ2) is 6.53. The summed E-state index contributed by atoms with van der Waals surface area (Å²) < 4.78 is 0.965. The Balaban J connectivity index is 2.68. The smallest absolute Gasteiger partial charge is 0.251 e. The lowest BCUT2D eigenvalue weighted by atomic mass is 9.92. The van der Waals surface area contributed by atoms with Crippen molar-refractivity contribution in [1.29, 1.82) is 0 Å². The van der Waals surface area contributed by atoms with Crippen molar-refractivity contribution < 1.29 is 4.79 Å². The molecule has 0 radical (unpaired) electrons. The molecule has 0 fully saturated rings. The minimum atomic E-state index is -0.00867. The summed E-state index contributed by atoms with van der Waals surface area (Å²) in [7, 11) is 4.09. The molecule has 0 saturated heterocycles. The van der Waals surface area contributed by atoms with Crippen LogP contribution in [0.5, 0.6) is 0 Å². The van der Waals surface area contributed by atoms with Gasteiger partial charge in [-0.15, -0.1) is 0 Å². The lowest BCUT2D eigenvalue weighted by Gasteiger charge is -2.28. The molecule has 106 valence electrons. The number of amides is 1. The SMILES string of the molecule is Cc1c(Br)cccc1C(=O)NCC(C)(C)CN(C)C. The van der Waals surface area contributed by atoms with E-state index in [2.05, 4.69) is 40.0 Å². The van der Waals surface area contributed by atoms with Crippen LogP contribution in [0.2, 0.25) is 0 Å². The molecule has 0 bridgehead atoms. The van der Waals surface area contributed by atoms with Crippen molar-refractivity contribution in [3.63, 3.8) is 0 Å². The molecule has 19 heavy (non-hydrogen) atoms. The summed E-state index contributed by atoms with van der Waals surface area (Å²) in [4.78, 5) is 14.3. The highest BCUT2D eigenvalue weighted by molar-refractivity contribution is 9.10. The first-order chi connectivity index (χ1) is 8.73. The van der Waals surface area contributed by atoms with E-state index in [1.165, 1.54) is 0 Å². The maximum atomic E-state index is 12.2. The predicted molar refractivity (Wildman–Crippen MR) is 83.5 cm³/mol. The van der Waals surface area contributed by atoms with Crippen molar-refractivity contribution in [2.45, 2.75) is 20.8 Å². The monoisotopic (exact) mass is 326 g/mol. The van der Waals surface area contributed by atoms with Crippen LogP contribution in [0.25, 0.3) is 0 Å². The van der Waals surface area contributed by atoms with Crippen molar-refractivity contribution in [2.24, 2.45) is 5.41 Å². The molecule has 4 heteroatoms. The van der Waals surface area contributed by atoms with Gasteiger partial charge in [0.25, 0.3) is 5.91 Å². The third kappa shape index (κ3) is 4.96. The van der Waals surface area contributed by atoms with E-state index in [9.17, 15) is 4.79 Å². The molecular formula is C15H23BrN2O. The summed E-state index contributed by atoms with van der Waals surface area (Å²) in [5.41, 5.74) is 1.76. The van der Waals surface area contributed by atoms with Gasteiger partial charge in [-0.25, -0.2) is 0 Å². The molecule has 1 aromatic carbocycles. The molecule has 1 aromatic rings. The quantitative estimate of drug-likeness (QED) is 0.901. The highest BCUT2D eigenvalue weighted by Crippen LogP contribution is 2.20. The lowest BCUT2D eigenvalue weighted by molar-refractivity contribution is 0.0928. The van der Waals surface area contributed by atoms with Crippen LogP contribution in [-0.4, -0.2) is 38.0 Å². The Hall–Kier alpha value is -0.870. The van der Waals surface area contributed by atoms with E-state index in [4.69, 9.17) is 0 Å². The fraction of sp³-hybridized carbons (Fsp3) is 0.533. The maximum absolute atomic E-state index is 12.2. The fourth-order valence-corrected chi connectivity index (χ4v) is 2.55. The van der Waals surface area contributed by atoms with Crippen LogP contribution in [0.15, 0.2) is 22.7 Å². The fourth-order valence-electron chi connectivity index (χ4n) is 2.18. The summed E-state index contributed by atoms with van der Waals surface area (Å²) in [6, 6.07) is 5.69. The number of benzene rings is 1. The minimum Gasteiger partial charge on any atom is -0.351 e. The van der Waals surface area contributed by atoms with Gasteiger partial charge < -0.3 is 10.2 Å². The van der Waals surface area contributed by atoms with E-state index in [1.54, 1.807) is 0 Å². The van der Waals surface area contributed by atoms with E-state index in [-0.39, 0.29) is 11.3 Å². The molecule has 3 nitrogen and oxygen atoms in total. The highest BCUT2D eigenvalue weighted by Gasteiger charge is 2.20. The third-order valence-corrected chi connectivity index (χ3v) is 3.84. The van der Waals surface area contributed by atoms with Crippen molar-refractivity contribution in [3.8, 4) is 0 Å². The predicted octanol–water partition coefficient (Wildman–Crippen LogP) is 3.08. The standard InChI is InChI=1S/C15H23BrN2O/c1-11-12(7-6-8-13(11)16)14(19)17-9-15(2,3)10-18(4)5/h6-8H,9-10H2,1-5H3,(H,17,19). The van der Waals surface area contributed by atoms with Crippen LogP contribution < -0.4 is 5.32 Å².